The number of carbonyl (C=O) groups is 2. The van der Waals surface area contributed by atoms with Gasteiger partial charge in [-0.3, -0.25) is 4.79 Å². The van der Waals surface area contributed by atoms with Gasteiger partial charge in [0.05, 0.1) is 11.7 Å². The number of benzene rings is 2. The zero-order chi connectivity index (χ0) is 17.2. The third-order valence-corrected chi connectivity index (χ3v) is 2.85. The Bertz CT molecular complexity index is 613. The van der Waals surface area contributed by atoms with E-state index in [9.17, 15) is 9.59 Å². The summed E-state index contributed by atoms with van der Waals surface area (Å²) in [6.07, 6.45) is 0.0301. The molecule has 0 fully saturated rings. The van der Waals surface area contributed by atoms with Gasteiger partial charge in [0.15, 0.2) is 0 Å². The van der Waals surface area contributed by atoms with Gasteiger partial charge in [0.2, 0.25) is 0 Å². The number of hydrogen-bond acceptors (Lipinski definition) is 4. The summed E-state index contributed by atoms with van der Waals surface area (Å²) in [6.45, 7) is 8.02. The number of hydrogen-bond donors (Lipinski definition) is 0. The maximum Gasteiger partial charge on any atom is 0.343 e. The smallest absolute Gasteiger partial charge is 0.343 e. The van der Waals surface area contributed by atoms with Gasteiger partial charge in [0.25, 0.3) is 6.47 Å². The zero-order valence-electron chi connectivity index (χ0n) is 13.9. The maximum absolute atomic E-state index is 11.8. The fourth-order valence-electron chi connectivity index (χ4n) is 1.57. The Labute approximate surface area is 137 Å². The number of aryl methyl sites for hydroxylation is 2. The van der Waals surface area contributed by atoms with Crippen molar-refractivity contribution in [3.05, 3.63) is 65.2 Å². The van der Waals surface area contributed by atoms with Crippen LogP contribution in [-0.4, -0.2) is 18.5 Å². The van der Waals surface area contributed by atoms with Crippen molar-refractivity contribution in [2.24, 2.45) is 0 Å². The predicted octanol–water partition coefficient (Wildman–Crippen LogP) is 4.09. The Morgan fingerprint density at radius 3 is 1.78 bits per heavy atom. The first-order chi connectivity index (χ1) is 10.9. The van der Waals surface area contributed by atoms with Crippen molar-refractivity contribution in [3.63, 3.8) is 0 Å². The van der Waals surface area contributed by atoms with Crippen LogP contribution in [0.1, 0.15) is 35.3 Å². The Balaban J connectivity index is 0.000000379. The molecule has 122 valence electrons. The van der Waals surface area contributed by atoms with Crippen LogP contribution in [0.15, 0.2) is 48.5 Å². The summed E-state index contributed by atoms with van der Waals surface area (Å²) in [6, 6.07) is 14.7. The van der Waals surface area contributed by atoms with Crippen LogP contribution in [-0.2, 0) is 9.53 Å². The lowest BCUT2D eigenvalue weighted by Gasteiger charge is -2.04. The van der Waals surface area contributed by atoms with Crippen molar-refractivity contribution in [2.75, 3.05) is 0 Å². The topological polar surface area (TPSA) is 52.6 Å². The second-order valence-corrected chi connectivity index (χ2v) is 5.35. The van der Waals surface area contributed by atoms with E-state index >= 15 is 0 Å². The van der Waals surface area contributed by atoms with Gasteiger partial charge in [0, 0.05) is 0 Å². The summed E-state index contributed by atoms with van der Waals surface area (Å²) >= 11 is 0. The lowest BCUT2D eigenvalue weighted by molar-refractivity contribution is -0.131. The van der Waals surface area contributed by atoms with E-state index in [0.717, 1.165) is 11.1 Å². The normalized spacial score (nSPS) is 9.61. The molecular weight excluding hydrogens is 292 g/mol. The van der Waals surface area contributed by atoms with Crippen LogP contribution in [0.5, 0.6) is 5.75 Å². The van der Waals surface area contributed by atoms with E-state index in [1.165, 1.54) is 0 Å². The van der Waals surface area contributed by atoms with Crippen molar-refractivity contribution in [1.82, 2.24) is 0 Å². The quantitative estimate of drug-likeness (QED) is 0.484. The van der Waals surface area contributed by atoms with Crippen LogP contribution < -0.4 is 4.74 Å². The van der Waals surface area contributed by atoms with Gasteiger partial charge in [-0.1, -0.05) is 35.4 Å². The molecule has 0 radical (unpaired) electrons. The molecule has 0 atom stereocenters. The lowest BCUT2D eigenvalue weighted by atomic mass is 10.1. The van der Waals surface area contributed by atoms with E-state index in [0.29, 0.717) is 17.8 Å². The second kappa shape index (κ2) is 9.41. The van der Waals surface area contributed by atoms with Gasteiger partial charge >= 0.3 is 5.97 Å². The molecule has 0 aliphatic rings. The molecule has 2 aromatic rings. The Kier molecular flexibility index (Phi) is 7.54. The van der Waals surface area contributed by atoms with E-state index in [2.05, 4.69) is 4.74 Å². The van der Waals surface area contributed by atoms with Gasteiger partial charge in [0.1, 0.15) is 5.75 Å². The summed E-state index contributed by atoms with van der Waals surface area (Å²) in [5, 5.41) is 0. The molecule has 4 heteroatoms. The highest BCUT2D eigenvalue weighted by molar-refractivity contribution is 5.91. The van der Waals surface area contributed by atoms with E-state index < -0.39 is 0 Å². The van der Waals surface area contributed by atoms with Gasteiger partial charge in [-0.2, -0.15) is 0 Å². The third kappa shape index (κ3) is 7.27. The number of carbonyl (C=O) groups excluding carboxylic acids is 2. The van der Waals surface area contributed by atoms with E-state index in [1.54, 1.807) is 38.1 Å². The van der Waals surface area contributed by atoms with Crippen molar-refractivity contribution < 1.29 is 19.1 Å². The van der Waals surface area contributed by atoms with Gasteiger partial charge in [-0.15, -0.1) is 0 Å². The minimum atomic E-state index is -0.325. The zero-order valence-corrected chi connectivity index (χ0v) is 13.9. The highest BCUT2D eigenvalue weighted by Crippen LogP contribution is 2.14. The molecule has 0 aromatic heterocycles. The van der Waals surface area contributed by atoms with Crippen LogP contribution in [0.3, 0.4) is 0 Å². The highest BCUT2D eigenvalue weighted by atomic mass is 16.5. The van der Waals surface area contributed by atoms with Gasteiger partial charge in [-0.05, 0) is 52.0 Å². The maximum atomic E-state index is 11.8. The summed E-state index contributed by atoms with van der Waals surface area (Å²) in [5.74, 6) is 0.245. The minimum absolute atomic E-state index is 0.0301. The monoisotopic (exact) mass is 314 g/mol. The molecule has 2 aromatic carbocycles. The molecule has 0 bridgehead atoms. The standard InChI is InChI=1S/C15H14O2.C4H8O2/c1-11-3-7-13(8-4-11)15(16)17-14-9-5-12(2)6-10-14;1-4(2)6-3-5/h3-10H,1-2H3;3-4H,1-2H3. The summed E-state index contributed by atoms with van der Waals surface area (Å²) < 4.78 is 9.62. The van der Waals surface area contributed by atoms with Crippen LogP contribution >= 0.6 is 0 Å². The SMILES string of the molecule is CC(C)OC=O.Cc1ccc(OC(=O)c2ccc(C)cc2)cc1. The molecule has 0 spiro atoms. The summed E-state index contributed by atoms with van der Waals surface area (Å²) in [7, 11) is 0. The molecule has 2 rings (SSSR count). The summed E-state index contributed by atoms with van der Waals surface area (Å²) in [5.41, 5.74) is 2.83. The van der Waals surface area contributed by atoms with Crippen molar-refractivity contribution in [2.45, 2.75) is 33.8 Å². The van der Waals surface area contributed by atoms with Gasteiger partial charge in [-0.25, -0.2) is 4.79 Å². The molecule has 0 N–H and O–H groups in total. The fourth-order valence-corrected chi connectivity index (χ4v) is 1.57. The number of esters is 1. The predicted molar refractivity (Wildman–Crippen MR) is 89.6 cm³/mol. The highest BCUT2D eigenvalue weighted by Gasteiger charge is 2.07. The molecule has 0 heterocycles. The average molecular weight is 314 g/mol. The third-order valence-electron chi connectivity index (χ3n) is 2.85. The molecule has 4 nitrogen and oxygen atoms in total. The first-order valence-electron chi connectivity index (χ1n) is 7.37. The van der Waals surface area contributed by atoms with E-state index in [4.69, 9.17) is 4.74 Å². The molecule has 0 amide bonds. The largest absolute Gasteiger partial charge is 0.465 e. The summed E-state index contributed by atoms with van der Waals surface area (Å²) in [4.78, 5) is 21.2. The first kappa shape index (κ1) is 18.4. The molecule has 0 saturated carbocycles. The van der Waals surface area contributed by atoms with Crippen LogP contribution in [0.4, 0.5) is 0 Å². The van der Waals surface area contributed by atoms with Crippen molar-refractivity contribution in [1.29, 1.82) is 0 Å². The fraction of sp³-hybridized carbons (Fsp3) is 0.263. The molecular formula is C19H22O4. The molecule has 23 heavy (non-hydrogen) atoms. The second-order valence-electron chi connectivity index (χ2n) is 5.35. The van der Waals surface area contributed by atoms with Crippen molar-refractivity contribution >= 4 is 12.4 Å². The Hall–Kier alpha value is -2.62. The lowest BCUT2D eigenvalue weighted by Crippen LogP contribution is -2.08. The van der Waals surface area contributed by atoms with E-state index in [-0.39, 0.29) is 12.1 Å². The molecule has 0 aliphatic heterocycles. The number of ether oxygens (including phenoxy) is 2. The molecule has 0 saturated heterocycles. The molecule has 0 unspecified atom stereocenters. The van der Waals surface area contributed by atoms with Crippen LogP contribution in [0.2, 0.25) is 0 Å². The Morgan fingerprint density at radius 2 is 1.39 bits per heavy atom. The van der Waals surface area contributed by atoms with Crippen LogP contribution in [0.25, 0.3) is 0 Å². The van der Waals surface area contributed by atoms with Gasteiger partial charge < -0.3 is 9.47 Å². The first-order valence-corrected chi connectivity index (χ1v) is 7.37. The minimum Gasteiger partial charge on any atom is -0.465 e. The van der Waals surface area contributed by atoms with Crippen molar-refractivity contribution in [3.8, 4) is 5.75 Å². The Morgan fingerprint density at radius 1 is 0.913 bits per heavy atom. The van der Waals surface area contributed by atoms with E-state index in [1.807, 2.05) is 38.1 Å². The number of rotatable bonds is 4. The molecule has 0 aliphatic carbocycles. The van der Waals surface area contributed by atoms with Crippen LogP contribution in [0, 0.1) is 13.8 Å². The average Bonchev–Trinajstić information content (AvgIpc) is 2.50.